The van der Waals surface area contributed by atoms with Gasteiger partial charge in [-0.3, -0.25) is 4.79 Å². The monoisotopic (exact) mass is 353 g/mol. The Bertz CT molecular complexity index is 754. The van der Waals surface area contributed by atoms with E-state index in [9.17, 15) is 9.59 Å². The second kappa shape index (κ2) is 9.04. The third-order valence-electron chi connectivity index (χ3n) is 4.03. The molecule has 26 heavy (non-hydrogen) atoms. The van der Waals surface area contributed by atoms with Gasteiger partial charge in [-0.1, -0.05) is 38.1 Å². The lowest BCUT2D eigenvalue weighted by Crippen LogP contribution is -2.31. The fraction of sp³-hybridized carbons (Fsp3) is 0.333. The Hall–Kier alpha value is -2.82. The SMILES string of the molecule is Cc1ccccc1CN(C)C(=O)Nc1ccc(NC(=O)CC(C)C)cc1. The molecule has 0 bridgehead atoms. The van der Waals surface area contributed by atoms with Gasteiger partial charge in [-0.2, -0.15) is 0 Å². The van der Waals surface area contributed by atoms with Gasteiger partial charge in [-0.05, 0) is 48.2 Å². The summed E-state index contributed by atoms with van der Waals surface area (Å²) in [6.07, 6.45) is 0.488. The number of anilines is 2. The van der Waals surface area contributed by atoms with E-state index in [1.165, 1.54) is 0 Å². The van der Waals surface area contributed by atoms with Gasteiger partial charge in [-0.25, -0.2) is 4.79 Å². The van der Waals surface area contributed by atoms with E-state index in [-0.39, 0.29) is 11.9 Å². The second-order valence-corrected chi connectivity index (χ2v) is 6.94. The summed E-state index contributed by atoms with van der Waals surface area (Å²) >= 11 is 0. The summed E-state index contributed by atoms with van der Waals surface area (Å²) in [7, 11) is 1.77. The predicted molar refractivity (Wildman–Crippen MR) is 106 cm³/mol. The van der Waals surface area contributed by atoms with Gasteiger partial charge in [0.15, 0.2) is 0 Å². The van der Waals surface area contributed by atoms with E-state index in [4.69, 9.17) is 0 Å². The van der Waals surface area contributed by atoms with Crippen molar-refractivity contribution >= 4 is 23.3 Å². The molecule has 0 radical (unpaired) electrons. The van der Waals surface area contributed by atoms with Crippen LogP contribution in [0.5, 0.6) is 0 Å². The molecule has 2 rings (SSSR count). The Morgan fingerprint density at radius 3 is 2.12 bits per heavy atom. The van der Waals surface area contributed by atoms with Crippen LogP contribution in [-0.4, -0.2) is 23.9 Å². The quantitative estimate of drug-likeness (QED) is 0.794. The predicted octanol–water partition coefficient (Wildman–Crippen LogP) is 4.64. The lowest BCUT2D eigenvalue weighted by molar-refractivity contribution is -0.116. The zero-order valence-corrected chi connectivity index (χ0v) is 15.9. The zero-order chi connectivity index (χ0) is 19.1. The number of hydrogen-bond acceptors (Lipinski definition) is 2. The van der Waals surface area contributed by atoms with E-state index in [0.29, 0.717) is 24.6 Å². The fourth-order valence-corrected chi connectivity index (χ4v) is 2.55. The number of rotatable bonds is 6. The first-order valence-electron chi connectivity index (χ1n) is 8.81. The summed E-state index contributed by atoms with van der Waals surface area (Å²) in [6.45, 7) is 6.59. The van der Waals surface area contributed by atoms with Gasteiger partial charge < -0.3 is 15.5 Å². The molecule has 5 nitrogen and oxygen atoms in total. The molecule has 0 aliphatic heterocycles. The molecule has 0 saturated heterocycles. The first kappa shape index (κ1) is 19.5. The zero-order valence-electron chi connectivity index (χ0n) is 15.9. The van der Waals surface area contributed by atoms with Crippen LogP contribution in [0.4, 0.5) is 16.2 Å². The maximum Gasteiger partial charge on any atom is 0.321 e. The normalized spacial score (nSPS) is 10.5. The summed E-state index contributed by atoms with van der Waals surface area (Å²) in [6, 6.07) is 15.0. The van der Waals surface area contributed by atoms with Gasteiger partial charge in [0.25, 0.3) is 0 Å². The summed E-state index contributed by atoms with van der Waals surface area (Å²) in [4.78, 5) is 25.8. The van der Waals surface area contributed by atoms with Crippen molar-refractivity contribution in [2.24, 2.45) is 5.92 Å². The van der Waals surface area contributed by atoms with Crippen LogP contribution in [-0.2, 0) is 11.3 Å². The number of urea groups is 1. The lowest BCUT2D eigenvalue weighted by atomic mass is 10.1. The minimum atomic E-state index is -0.176. The Morgan fingerprint density at radius 1 is 0.962 bits per heavy atom. The van der Waals surface area contributed by atoms with Crippen molar-refractivity contribution in [3.8, 4) is 0 Å². The van der Waals surface area contributed by atoms with Gasteiger partial charge in [0.05, 0.1) is 0 Å². The highest BCUT2D eigenvalue weighted by Gasteiger charge is 2.11. The van der Waals surface area contributed by atoms with Crippen molar-refractivity contribution in [2.75, 3.05) is 17.7 Å². The van der Waals surface area contributed by atoms with Crippen LogP contribution >= 0.6 is 0 Å². The number of carbonyl (C=O) groups excluding carboxylic acids is 2. The highest BCUT2D eigenvalue weighted by molar-refractivity contribution is 5.92. The number of hydrogen-bond donors (Lipinski definition) is 2. The van der Waals surface area contributed by atoms with Crippen LogP contribution < -0.4 is 10.6 Å². The summed E-state index contributed by atoms with van der Waals surface area (Å²) in [5, 5.41) is 5.72. The number of nitrogens with one attached hydrogen (secondary N) is 2. The molecule has 138 valence electrons. The third-order valence-corrected chi connectivity index (χ3v) is 4.03. The minimum absolute atomic E-state index is 0.00486. The minimum Gasteiger partial charge on any atom is -0.326 e. The molecule has 2 aromatic carbocycles. The smallest absolute Gasteiger partial charge is 0.321 e. The van der Waals surface area contributed by atoms with Gasteiger partial charge in [0.2, 0.25) is 5.91 Å². The summed E-state index contributed by atoms with van der Waals surface area (Å²) in [5.74, 6) is 0.312. The molecule has 0 saturated carbocycles. The highest BCUT2D eigenvalue weighted by atomic mass is 16.2. The first-order chi connectivity index (χ1) is 12.3. The van der Waals surface area contributed by atoms with Gasteiger partial charge >= 0.3 is 6.03 Å². The topological polar surface area (TPSA) is 61.4 Å². The lowest BCUT2D eigenvalue weighted by Gasteiger charge is -2.19. The largest absolute Gasteiger partial charge is 0.326 e. The standard InChI is InChI=1S/C21H27N3O2/c1-15(2)13-20(25)22-18-9-11-19(12-10-18)23-21(26)24(4)14-17-8-6-5-7-16(17)3/h5-12,15H,13-14H2,1-4H3,(H,22,25)(H,23,26). The van der Waals surface area contributed by atoms with E-state index in [2.05, 4.69) is 10.6 Å². The maximum absolute atomic E-state index is 12.4. The number of aryl methyl sites for hydroxylation is 1. The van der Waals surface area contributed by atoms with Gasteiger partial charge in [0.1, 0.15) is 0 Å². The van der Waals surface area contributed by atoms with Crippen LogP contribution in [0.3, 0.4) is 0 Å². The molecular formula is C21H27N3O2. The Labute approximate surface area is 155 Å². The molecule has 0 unspecified atom stereocenters. The molecule has 0 aliphatic carbocycles. The molecule has 5 heteroatoms. The molecule has 3 amide bonds. The van der Waals surface area contributed by atoms with Crippen LogP contribution in [0.25, 0.3) is 0 Å². The van der Waals surface area contributed by atoms with Gasteiger partial charge in [-0.15, -0.1) is 0 Å². The molecule has 2 aromatic rings. The summed E-state index contributed by atoms with van der Waals surface area (Å²) in [5.41, 5.74) is 3.69. The van der Waals surface area contributed by atoms with E-state index >= 15 is 0 Å². The second-order valence-electron chi connectivity index (χ2n) is 6.94. The fourth-order valence-electron chi connectivity index (χ4n) is 2.55. The van der Waals surface area contributed by atoms with Crippen molar-refractivity contribution in [2.45, 2.75) is 33.7 Å². The molecule has 0 fully saturated rings. The molecule has 0 aromatic heterocycles. The molecule has 0 aliphatic rings. The van der Waals surface area contributed by atoms with Crippen LogP contribution in [0.1, 0.15) is 31.4 Å². The molecule has 0 atom stereocenters. The van der Waals surface area contributed by atoms with E-state index in [0.717, 1.165) is 16.8 Å². The molecular weight excluding hydrogens is 326 g/mol. The average molecular weight is 353 g/mol. The van der Waals surface area contributed by atoms with Crippen LogP contribution in [0, 0.1) is 12.8 Å². The first-order valence-corrected chi connectivity index (χ1v) is 8.81. The van der Waals surface area contributed by atoms with E-state index in [1.807, 2.05) is 45.0 Å². The van der Waals surface area contributed by atoms with E-state index in [1.54, 1.807) is 36.2 Å². The Kier molecular flexibility index (Phi) is 6.78. The summed E-state index contributed by atoms with van der Waals surface area (Å²) < 4.78 is 0. The third kappa shape index (κ3) is 5.92. The van der Waals surface area contributed by atoms with E-state index < -0.39 is 0 Å². The van der Waals surface area contributed by atoms with Crippen molar-refractivity contribution in [3.05, 3.63) is 59.7 Å². The molecule has 0 heterocycles. The number of carbonyl (C=O) groups is 2. The van der Waals surface area contributed by atoms with Gasteiger partial charge in [0, 0.05) is 31.4 Å². The van der Waals surface area contributed by atoms with Crippen molar-refractivity contribution < 1.29 is 9.59 Å². The van der Waals surface area contributed by atoms with Crippen molar-refractivity contribution in [1.29, 1.82) is 0 Å². The van der Waals surface area contributed by atoms with Crippen molar-refractivity contribution in [1.82, 2.24) is 4.90 Å². The number of nitrogens with zero attached hydrogens (tertiary/aromatic N) is 1. The number of amides is 3. The molecule has 2 N–H and O–H groups in total. The average Bonchev–Trinajstić information content (AvgIpc) is 2.57. The maximum atomic E-state index is 12.4. The Balaban J connectivity index is 1.90. The Morgan fingerprint density at radius 2 is 1.54 bits per heavy atom. The number of benzene rings is 2. The van der Waals surface area contributed by atoms with Crippen molar-refractivity contribution in [3.63, 3.8) is 0 Å². The van der Waals surface area contributed by atoms with Crippen LogP contribution in [0.15, 0.2) is 48.5 Å². The van der Waals surface area contributed by atoms with Crippen LogP contribution in [0.2, 0.25) is 0 Å². The highest BCUT2D eigenvalue weighted by Crippen LogP contribution is 2.16. The molecule has 0 spiro atoms.